The molecule has 0 aliphatic heterocycles. The van der Waals surface area contributed by atoms with Gasteiger partial charge < -0.3 is 4.57 Å². The maximum absolute atomic E-state index is 13.4. The van der Waals surface area contributed by atoms with Crippen LogP contribution in [-0.4, -0.2) is 31.7 Å². The third-order valence-corrected chi connectivity index (χ3v) is 8.15. The molecule has 196 valence electrons. The van der Waals surface area contributed by atoms with E-state index in [1.807, 2.05) is 32.9 Å². The Labute approximate surface area is 224 Å². The van der Waals surface area contributed by atoms with E-state index in [4.69, 9.17) is 0 Å². The molecule has 38 heavy (non-hydrogen) atoms. The highest BCUT2D eigenvalue weighted by Crippen LogP contribution is 2.25. The molecule has 0 bridgehead atoms. The molecule has 0 atom stereocenters. The molecule has 1 heterocycles. The first-order valence-corrected chi connectivity index (χ1v) is 13.7. The lowest BCUT2D eigenvalue weighted by Crippen LogP contribution is -2.39. The van der Waals surface area contributed by atoms with Gasteiger partial charge in [-0.3, -0.25) is 9.10 Å². The summed E-state index contributed by atoms with van der Waals surface area (Å²) < 4.78 is 30.2. The number of aryl methyl sites for hydroxylation is 4. The normalized spacial score (nSPS) is 11.6. The summed E-state index contributed by atoms with van der Waals surface area (Å²) in [5, 5.41) is 4.15. The number of carbonyl (C=O) groups excluding carboxylic acids is 1. The fraction of sp³-hybridized carbons (Fsp3) is 0.200. The number of aromatic nitrogens is 1. The Hall–Kier alpha value is -4.17. The quantitative estimate of drug-likeness (QED) is 0.247. The molecule has 1 aromatic heterocycles. The minimum absolute atomic E-state index is 0.108. The molecule has 4 aromatic rings. The molecule has 0 aliphatic carbocycles. The van der Waals surface area contributed by atoms with Gasteiger partial charge in [0.05, 0.1) is 16.8 Å². The van der Waals surface area contributed by atoms with Crippen molar-refractivity contribution in [1.29, 1.82) is 0 Å². The molecular formula is C30H32N4O3S. The lowest BCUT2D eigenvalue weighted by Gasteiger charge is -2.24. The zero-order valence-electron chi connectivity index (χ0n) is 22.3. The first kappa shape index (κ1) is 26.9. The van der Waals surface area contributed by atoms with E-state index in [1.54, 1.807) is 42.6 Å². The summed E-state index contributed by atoms with van der Waals surface area (Å²) in [6.07, 6.45) is 1.59. The van der Waals surface area contributed by atoms with E-state index in [0.717, 1.165) is 32.5 Å². The highest BCUT2D eigenvalue weighted by atomic mass is 32.2. The average Bonchev–Trinajstić information content (AvgIpc) is 3.15. The standard InChI is InChI=1S/C30H32N4O3S/c1-21-10-9-11-27(17-21)33(38(36,37)28-12-7-6-8-13-28)20-30(35)32-31-19-26-18-24(4)34(25(26)5)29-15-14-22(2)16-23(29)3/h6-19H,20H2,1-5H3,(H,32,35)/b31-19-. The number of carbonyl (C=O) groups is 1. The molecule has 7 nitrogen and oxygen atoms in total. The lowest BCUT2D eigenvalue weighted by atomic mass is 10.1. The number of nitrogens with one attached hydrogen (secondary N) is 1. The fourth-order valence-corrected chi connectivity index (χ4v) is 5.94. The van der Waals surface area contributed by atoms with Gasteiger partial charge in [0.25, 0.3) is 15.9 Å². The van der Waals surface area contributed by atoms with Crippen LogP contribution in [0.15, 0.2) is 88.9 Å². The van der Waals surface area contributed by atoms with Crippen LogP contribution < -0.4 is 9.73 Å². The molecule has 4 rings (SSSR count). The number of benzene rings is 3. The summed E-state index contributed by atoms with van der Waals surface area (Å²) in [5.74, 6) is -0.551. The van der Waals surface area contributed by atoms with Crippen molar-refractivity contribution >= 4 is 27.8 Å². The van der Waals surface area contributed by atoms with Crippen molar-refractivity contribution in [1.82, 2.24) is 9.99 Å². The van der Waals surface area contributed by atoms with Crippen LogP contribution in [0.1, 0.15) is 33.6 Å². The van der Waals surface area contributed by atoms with E-state index >= 15 is 0 Å². The summed E-state index contributed by atoms with van der Waals surface area (Å²) in [7, 11) is -3.97. The van der Waals surface area contributed by atoms with Crippen molar-refractivity contribution in [3.8, 4) is 5.69 Å². The van der Waals surface area contributed by atoms with Crippen LogP contribution in [0.2, 0.25) is 0 Å². The average molecular weight is 529 g/mol. The minimum atomic E-state index is -3.97. The van der Waals surface area contributed by atoms with Gasteiger partial charge in [-0.15, -0.1) is 0 Å². The number of hydrogen-bond acceptors (Lipinski definition) is 4. The minimum Gasteiger partial charge on any atom is -0.318 e. The molecule has 0 spiro atoms. The van der Waals surface area contributed by atoms with Gasteiger partial charge in [-0.2, -0.15) is 5.10 Å². The Bertz CT molecular complexity index is 1610. The molecule has 0 unspecified atom stereocenters. The number of sulfonamides is 1. The number of hydrogen-bond donors (Lipinski definition) is 1. The lowest BCUT2D eigenvalue weighted by molar-refractivity contribution is -0.119. The van der Waals surface area contributed by atoms with Crippen molar-refractivity contribution in [3.05, 3.63) is 113 Å². The number of amides is 1. The van der Waals surface area contributed by atoms with Crippen LogP contribution in [0.3, 0.4) is 0 Å². The third kappa shape index (κ3) is 5.70. The van der Waals surface area contributed by atoms with Gasteiger partial charge in [0, 0.05) is 22.6 Å². The Kier molecular flexibility index (Phi) is 7.83. The largest absolute Gasteiger partial charge is 0.318 e. The Morgan fingerprint density at radius 2 is 1.61 bits per heavy atom. The van der Waals surface area contributed by atoms with Crippen LogP contribution in [0, 0.1) is 34.6 Å². The van der Waals surface area contributed by atoms with Crippen molar-refractivity contribution in [2.24, 2.45) is 5.10 Å². The van der Waals surface area contributed by atoms with E-state index in [2.05, 4.69) is 47.1 Å². The van der Waals surface area contributed by atoms with Crippen LogP contribution in [0.5, 0.6) is 0 Å². The van der Waals surface area contributed by atoms with E-state index in [-0.39, 0.29) is 4.90 Å². The van der Waals surface area contributed by atoms with Crippen LogP contribution in [-0.2, 0) is 14.8 Å². The smallest absolute Gasteiger partial charge is 0.264 e. The molecule has 8 heteroatoms. The second kappa shape index (κ2) is 11.1. The highest BCUT2D eigenvalue weighted by Gasteiger charge is 2.27. The molecule has 0 aliphatic rings. The fourth-order valence-electron chi connectivity index (χ4n) is 4.50. The molecule has 0 radical (unpaired) electrons. The van der Waals surface area contributed by atoms with E-state index < -0.39 is 22.5 Å². The van der Waals surface area contributed by atoms with E-state index in [9.17, 15) is 13.2 Å². The van der Waals surface area contributed by atoms with Gasteiger partial charge >= 0.3 is 0 Å². The summed E-state index contributed by atoms with van der Waals surface area (Å²) >= 11 is 0. The molecule has 1 amide bonds. The molecule has 0 saturated heterocycles. The maximum atomic E-state index is 13.4. The van der Waals surface area contributed by atoms with E-state index in [0.29, 0.717) is 5.69 Å². The first-order valence-electron chi connectivity index (χ1n) is 12.3. The van der Waals surface area contributed by atoms with Crippen LogP contribution in [0.4, 0.5) is 5.69 Å². The highest BCUT2D eigenvalue weighted by molar-refractivity contribution is 7.92. The van der Waals surface area contributed by atoms with Crippen LogP contribution in [0.25, 0.3) is 5.69 Å². The summed E-state index contributed by atoms with van der Waals surface area (Å²) in [4.78, 5) is 13.0. The molecule has 0 saturated carbocycles. The van der Waals surface area contributed by atoms with Crippen molar-refractivity contribution < 1.29 is 13.2 Å². The summed E-state index contributed by atoms with van der Waals surface area (Å²) in [6, 6.07) is 23.4. The van der Waals surface area contributed by atoms with Crippen molar-refractivity contribution in [3.63, 3.8) is 0 Å². The van der Waals surface area contributed by atoms with Crippen molar-refractivity contribution in [2.45, 2.75) is 39.5 Å². The SMILES string of the molecule is Cc1cccc(N(CC(=O)N/N=C\c2cc(C)n(-c3ccc(C)cc3C)c2C)S(=O)(=O)c2ccccc2)c1. The predicted molar refractivity (Wildman–Crippen MR) is 153 cm³/mol. The summed E-state index contributed by atoms with van der Waals surface area (Å²) in [5.41, 5.74) is 10.1. The molecule has 1 N–H and O–H groups in total. The zero-order valence-corrected chi connectivity index (χ0v) is 23.1. The van der Waals surface area contributed by atoms with E-state index in [1.165, 1.54) is 23.3 Å². The second-order valence-corrected chi connectivity index (χ2v) is 11.3. The molecule has 3 aromatic carbocycles. The Balaban J connectivity index is 1.56. The first-order chi connectivity index (χ1) is 18.1. The Morgan fingerprint density at radius 3 is 2.29 bits per heavy atom. The monoisotopic (exact) mass is 528 g/mol. The number of rotatable bonds is 8. The molecular weight excluding hydrogens is 496 g/mol. The predicted octanol–water partition coefficient (Wildman–Crippen LogP) is 5.37. The van der Waals surface area contributed by atoms with Crippen molar-refractivity contribution in [2.75, 3.05) is 10.8 Å². The zero-order chi connectivity index (χ0) is 27.4. The number of hydrazone groups is 1. The van der Waals surface area contributed by atoms with Gasteiger partial charge in [-0.05, 0) is 82.1 Å². The molecule has 0 fully saturated rings. The number of nitrogens with zero attached hydrogens (tertiary/aromatic N) is 3. The van der Waals surface area contributed by atoms with Gasteiger partial charge in [0.15, 0.2) is 0 Å². The Morgan fingerprint density at radius 1 is 0.895 bits per heavy atom. The summed E-state index contributed by atoms with van der Waals surface area (Å²) in [6.45, 7) is 9.63. The second-order valence-electron chi connectivity index (χ2n) is 9.41. The third-order valence-electron chi connectivity index (χ3n) is 6.36. The topological polar surface area (TPSA) is 83.8 Å². The van der Waals surface area contributed by atoms with Gasteiger partial charge in [0.1, 0.15) is 6.54 Å². The van der Waals surface area contributed by atoms with Crippen LogP contribution >= 0.6 is 0 Å². The maximum Gasteiger partial charge on any atom is 0.264 e. The van der Waals surface area contributed by atoms with Gasteiger partial charge in [-0.25, -0.2) is 13.8 Å². The van der Waals surface area contributed by atoms with Gasteiger partial charge in [0.2, 0.25) is 0 Å². The number of anilines is 1. The van der Waals surface area contributed by atoms with Gasteiger partial charge in [-0.1, -0.05) is 48.0 Å².